The number of nitrogens with zero attached hydrogens (tertiary/aromatic N) is 2. The van der Waals surface area contributed by atoms with Crippen molar-refractivity contribution in [1.29, 1.82) is 0 Å². The minimum absolute atomic E-state index is 0.0293. The highest BCUT2D eigenvalue weighted by Gasteiger charge is 2.36. The van der Waals surface area contributed by atoms with Crippen LogP contribution in [0.3, 0.4) is 0 Å². The van der Waals surface area contributed by atoms with E-state index in [9.17, 15) is 28.0 Å². The molecule has 0 bridgehead atoms. The largest absolute Gasteiger partial charge is 0.492 e. The van der Waals surface area contributed by atoms with Gasteiger partial charge in [0.15, 0.2) is 0 Å². The van der Waals surface area contributed by atoms with Crippen molar-refractivity contribution in [2.45, 2.75) is 51.7 Å². The summed E-state index contributed by atoms with van der Waals surface area (Å²) in [5, 5.41) is 10.9. The van der Waals surface area contributed by atoms with Crippen LogP contribution >= 0.6 is 11.6 Å². The zero-order chi connectivity index (χ0) is 25.1. The van der Waals surface area contributed by atoms with Gasteiger partial charge >= 0.3 is 11.8 Å². The molecule has 0 saturated carbocycles. The lowest BCUT2D eigenvalue weighted by atomic mass is 10.0. The number of rotatable bonds is 9. The lowest BCUT2D eigenvalue weighted by Crippen LogP contribution is -2.56. The standard InChI is InChI=1S/C21H27ClF3N3O5/c1-5-7-12-17-13(14(21(23,24)25)11-16(29)33-17)10-15(22)18(12)32-9-6-8-28(26)19(30)20(2,3)27(4)31/h10-11,31H,5-9,26H2,1-4H3. The van der Waals surface area contributed by atoms with Gasteiger partial charge < -0.3 is 14.4 Å². The summed E-state index contributed by atoms with van der Waals surface area (Å²) in [6.07, 6.45) is -3.72. The number of hydrogen-bond donors (Lipinski definition) is 2. The first-order chi connectivity index (χ1) is 15.2. The maximum Gasteiger partial charge on any atom is 0.417 e. The highest BCUT2D eigenvalue weighted by Crippen LogP contribution is 2.41. The van der Waals surface area contributed by atoms with E-state index in [0.717, 1.165) is 16.1 Å². The van der Waals surface area contributed by atoms with Gasteiger partial charge in [0.05, 0.1) is 17.2 Å². The van der Waals surface area contributed by atoms with Crippen LogP contribution in [-0.4, -0.2) is 46.9 Å². The molecule has 1 aromatic heterocycles. The molecule has 0 aliphatic carbocycles. The van der Waals surface area contributed by atoms with Crippen molar-refractivity contribution in [3.8, 4) is 5.75 Å². The number of benzene rings is 1. The van der Waals surface area contributed by atoms with Crippen molar-refractivity contribution >= 4 is 28.5 Å². The number of carbonyl (C=O) groups excluding carboxylic acids is 1. The van der Waals surface area contributed by atoms with Gasteiger partial charge in [-0.25, -0.2) is 10.6 Å². The molecule has 33 heavy (non-hydrogen) atoms. The average Bonchev–Trinajstić information content (AvgIpc) is 2.71. The van der Waals surface area contributed by atoms with Crippen LogP contribution in [0.1, 0.15) is 44.7 Å². The van der Waals surface area contributed by atoms with E-state index in [1.165, 1.54) is 20.9 Å². The van der Waals surface area contributed by atoms with Gasteiger partial charge in [-0.15, -0.1) is 0 Å². The van der Waals surface area contributed by atoms with Gasteiger partial charge in [0.25, 0.3) is 5.91 Å². The Morgan fingerprint density at radius 1 is 1.30 bits per heavy atom. The lowest BCUT2D eigenvalue weighted by molar-refractivity contribution is -0.174. The highest BCUT2D eigenvalue weighted by atomic mass is 35.5. The normalized spacial score (nSPS) is 12.5. The number of fused-ring (bicyclic) bond motifs is 1. The molecule has 0 spiro atoms. The Kier molecular flexibility index (Phi) is 8.39. The Morgan fingerprint density at radius 2 is 1.94 bits per heavy atom. The number of hydrazine groups is 1. The van der Waals surface area contributed by atoms with E-state index >= 15 is 0 Å². The van der Waals surface area contributed by atoms with Crippen LogP contribution in [0.4, 0.5) is 13.2 Å². The summed E-state index contributed by atoms with van der Waals surface area (Å²) in [6, 6.07) is 1.46. The molecule has 2 rings (SSSR count). The van der Waals surface area contributed by atoms with Gasteiger partial charge in [0.2, 0.25) is 0 Å². The molecule has 12 heteroatoms. The second-order valence-electron chi connectivity index (χ2n) is 8.05. The number of halogens is 4. The molecule has 184 valence electrons. The van der Waals surface area contributed by atoms with Gasteiger partial charge in [-0.1, -0.05) is 24.9 Å². The third kappa shape index (κ3) is 5.97. The summed E-state index contributed by atoms with van der Waals surface area (Å²) >= 11 is 6.26. The molecule has 1 aromatic carbocycles. The summed E-state index contributed by atoms with van der Waals surface area (Å²) in [7, 11) is 1.33. The summed E-state index contributed by atoms with van der Waals surface area (Å²) in [6.45, 7) is 4.92. The van der Waals surface area contributed by atoms with E-state index in [2.05, 4.69) is 0 Å². The number of alkyl halides is 3. The van der Waals surface area contributed by atoms with Crippen LogP contribution in [0, 0.1) is 0 Å². The van der Waals surface area contributed by atoms with Gasteiger partial charge in [-0.05, 0) is 26.3 Å². The summed E-state index contributed by atoms with van der Waals surface area (Å²) in [5.41, 5.74) is -3.46. The molecule has 0 radical (unpaired) electrons. The molecule has 0 atom stereocenters. The molecule has 3 N–H and O–H groups in total. The average molecular weight is 494 g/mol. The van der Waals surface area contributed by atoms with Crippen molar-refractivity contribution in [1.82, 2.24) is 10.1 Å². The number of ether oxygens (including phenoxy) is 1. The molecule has 0 aliphatic heterocycles. The molecule has 1 amide bonds. The van der Waals surface area contributed by atoms with Crippen LogP contribution in [0.2, 0.25) is 5.02 Å². The maximum absolute atomic E-state index is 13.5. The number of nitrogens with two attached hydrogens (primary N) is 1. The SMILES string of the molecule is CCCc1c(OCCCN(N)C(=O)C(C)(C)N(C)O)c(Cl)cc2c(C(F)(F)F)cc(=O)oc12. The number of amides is 1. The first kappa shape index (κ1) is 26.9. The predicted molar refractivity (Wildman–Crippen MR) is 116 cm³/mol. The van der Waals surface area contributed by atoms with Crippen molar-refractivity contribution < 1.29 is 32.3 Å². The van der Waals surface area contributed by atoms with Crippen molar-refractivity contribution in [3.63, 3.8) is 0 Å². The van der Waals surface area contributed by atoms with E-state index in [1.807, 2.05) is 0 Å². The number of hydroxylamine groups is 2. The fraction of sp³-hybridized carbons (Fsp3) is 0.524. The minimum atomic E-state index is -4.77. The van der Waals surface area contributed by atoms with Crippen molar-refractivity contribution in [2.75, 3.05) is 20.2 Å². The summed E-state index contributed by atoms with van der Waals surface area (Å²) in [4.78, 5) is 24.2. The van der Waals surface area contributed by atoms with Gasteiger partial charge in [-0.3, -0.25) is 9.80 Å². The zero-order valence-electron chi connectivity index (χ0n) is 18.8. The fourth-order valence-electron chi connectivity index (χ4n) is 3.18. The molecular formula is C21H27ClF3N3O5. The molecule has 0 saturated heterocycles. The van der Waals surface area contributed by atoms with E-state index in [1.54, 1.807) is 6.92 Å². The number of hydrogen-bond acceptors (Lipinski definition) is 7. The molecule has 0 unspecified atom stereocenters. The Morgan fingerprint density at radius 3 is 2.48 bits per heavy atom. The zero-order valence-corrected chi connectivity index (χ0v) is 19.5. The van der Waals surface area contributed by atoms with Crippen LogP contribution in [0.5, 0.6) is 5.75 Å². The summed E-state index contributed by atoms with van der Waals surface area (Å²) < 4.78 is 51.2. The Hall–Kier alpha value is -2.34. The van der Waals surface area contributed by atoms with E-state index < -0.39 is 28.8 Å². The predicted octanol–water partition coefficient (Wildman–Crippen LogP) is 3.99. The second kappa shape index (κ2) is 10.3. The van der Waals surface area contributed by atoms with Crippen molar-refractivity contribution in [3.05, 3.63) is 38.7 Å². The first-order valence-corrected chi connectivity index (χ1v) is 10.6. The highest BCUT2D eigenvalue weighted by molar-refractivity contribution is 6.33. The van der Waals surface area contributed by atoms with Gasteiger partial charge in [0.1, 0.15) is 16.9 Å². The van der Waals surface area contributed by atoms with E-state index in [-0.39, 0.29) is 53.3 Å². The fourth-order valence-corrected chi connectivity index (χ4v) is 3.46. The van der Waals surface area contributed by atoms with Crippen LogP contribution in [0.15, 0.2) is 21.3 Å². The molecule has 1 heterocycles. The quantitative estimate of drug-likeness (QED) is 0.179. The first-order valence-electron chi connectivity index (χ1n) is 10.2. The Bertz CT molecular complexity index is 1070. The van der Waals surface area contributed by atoms with Crippen molar-refractivity contribution in [2.24, 2.45) is 5.84 Å². The third-order valence-electron chi connectivity index (χ3n) is 5.22. The van der Waals surface area contributed by atoms with Gasteiger partial charge in [0, 0.05) is 37.0 Å². The Labute approximate surface area is 193 Å². The summed E-state index contributed by atoms with van der Waals surface area (Å²) in [5.74, 6) is 5.37. The molecule has 0 fully saturated rings. The van der Waals surface area contributed by atoms with E-state index in [0.29, 0.717) is 12.5 Å². The maximum atomic E-state index is 13.5. The molecular weight excluding hydrogens is 467 g/mol. The Balaban J connectivity index is 2.29. The number of carbonyl (C=O) groups is 1. The third-order valence-corrected chi connectivity index (χ3v) is 5.50. The van der Waals surface area contributed by atoms with Crippen LogP contribution < -0.4 is 16.2 Å². The van der Waals surface area contributed by atoms with Crippen LogP contribution in [0.25, 0.3) is 11.0 Å². The second-order valence-corrected chi connectivity index (χ2v) is 8.46. The number of aryl methyl sites for hydroxylation is 1. The topological polar surface area (TPSA) is 109 Å². The van der Waals surface area contributed by atoms with Gasteiger partial charge in [-0.2, -0.15) is 18.2 Å². The molecule has 0 aliphatic rings. The van der Waals surface area contributed by atoms with Crippen LogP contribution in [-0.2, 0) is 17.4 Å². The smallest absolute Gasteiger partial charge is 0.417 e. The monoisotopic (exact) mass is 493 g/mol. The number of likely N-dealkylation sites (N-methyl/N-ethyl adjacent to an activating group) is 1. The molecule has 2 aromatic rings. The lowest BCUT2D eigenvalue weighted by Gasteiger charge is -2.32. The van der Waals surface area contributed by atoms with E-state index in [4.69, 9.17) is 26.6 Å². The minimum Gasteiger partial charge on any atom is -0.492 e. The molecule has 8 nitrogen and oxygen atoms in total.